The topological polar surface area (TPSA) is 72.3 Å². The lowest BCUT2D eigenvalue weighted by Crippen LogP contribution is -2.06. The minimum atomic E-state index is -1.05. The molecule has 0 fully saturated rings. The van der Waals surface area contributed by atoms with Crippen LogP contribution in [-0.4, -0.2) is 28.4 Å². The van der Waals surface area contributed by atoms with Crippen molar-refractivity contribution in [3.63, 3.8) is 0 Å². The molecule has 0 aliphatic carbocycles. The van der Waals surface area contributed by atoms with Crippen molar-refractivity contribution >= 4 is 5.97 Å². The quantitative estimate of drug-likeness (QED) is 0.781. The summed E-state index contributed by atoms with van der Waals surface area (Å²) in [6, 6.07) is 1.50. The van der Waals surface area contributed by atoms with Crippen LogP contribution < -0.4 is 4.74 Å². The number of aromatic carboxylic acids is 1. The van der Waals surface area contributed by atoms with Crippen molar-refractivity contribution in [2.75, 3.05) is 7.11 Å². The number of aryl methyl sites for hydroxylation is 1. The van der Waals surface area contributed by atoms with Gasteiger partial charge in [-0.1, -0.05) is 13.3 Å². The zero-order valence-corrected chi connectivity index (χ0v) is 8.15. The Morgan fingerprint density at radius 2 is 2.29 bits per heavy atom. The number of carboxylic acids is 1. The molecule has 1 aromatic rings. The first kappa shape index (κ1) is 10.4. The Morgan fingerprint density at radius 1 is 1.57 bits per heavy atom. The Balaban J connectivity index is 3.07. The van der Waals surface area contributed by atoms with Gasteiger partial charge in [0.1, 0.15) is 5.56 Å². The van der Waals surface area contributed by atoms with Gasteiger partial charge in [0.25, 0.3) is 0 Å². The number of rotatable bonds is 4. The summed E-state index contributed by atoms with van der Waals surface area (Å²) < 4.78 is 4.79. The summed E-state index contributed by atoms with van der Waals surface area (Å²) in [7, 11) is 1.37. The van der Waals surface area contributed by atoms with E-state index in [4.69, 9.17) is 9.84 Å². The molecule has 5 heteroatoms. The summed E-state index contributed by atoms with van der Waals surface area (Å²) in [5.41, 5.74) is 0.733. The van der Waals surface area contributed by atoms with Gasteiger partial charge in [-0.3, -0.25) is 0 Å². The van der Waals surface area contributed by atoms with Crippen molar-refractivity contribution in [3.05, 3.63) is 17.3 Å². The fourth-order valence-corrected chi connectivity index (χ4v) is 1.10. The number of hydrogen-bond acceptors (Lipinski definition) is 4. The molecule has 0 aromatic carbocycles. The van der Waals surface area contributed by atoms with E-state index in [9.17, 15) is 4.79 Å². The van der Waals surface area contributed by atoms with E-state index >= 15 is 0 Å². The summed E-state index contributed by atoms with van der Waals surface area (Å²) in [5.74, 6) is -0.994. The lowest BCUT2D eigenvalue weighted by Gasteiger charge is -2.03. The van der Waals surface area contributed by atoms with Gasteiger partial charge in [-0.15, -0.1) is 5.10 Å². The highest BCUT2D eigenvalue weighted by atomic mass is 16.5. The highest BCUT2D eigenvalue weighted by molar-refractivity contribution is 5.90. The van der Waals surface area contributed by atoms with Crippen LogP contribution in [0, 0.1) is 0 Å². The van der Waals surface area contributed by atoms with Crippen LogP contribution in [0.1, 0.15) is 29.4 Å². The van der Waals surface area contributed by atoms with E-state index in [2.05, 4.69) is 10.2 Å². The lowest BCUT2D eigenvalue weighted by molar-refractivity contribution is 0.0692. The monoisotopic (exact) mass is 196 g/mol. The van der Waals surface area contributed by atoms with Gasteiger partial charge in [0.2, 0.25) is 5.88 Å². The number of methoxy groups -OCH3 is 1. The maximum absolute atomic E-state index is 10.8. The van der Waals surface area contributed by atoms with E-state index in [1.807, 2.05) is 6.92 Å². The fourth-order valence-electron chi connectivity index (χ4n) is 1.10. The Morgan fingerprint density at radius 3 is 2.79 bits per heavy atom. The molecule has 0 aliphatic heterocycles. The van der Waals surface area contributed by atoms with Gasteiger partial charge in [-0.25, -0.2) is 4.79 Å². The first-order valence-corrected chi connectivity index (χ1v) is 4.33. The van der Waals surface area contributed by atoms with Crippen molar-refractivity contribution in [2.24, 2.45) is 0 Å². The molecule has 0 aliphatic rings. The third-order valence-corrected chi connectivity index (χ3v) is 1.74. The van der Waals surface area contributed by atoms with Gasteiger partial charge in [0, 0.05) is 0 Å². The maximum atomic E-state index is 10.8. The smallest absolute Gasteiger partial charge is 0.341 e. The van der Waals surface area contributed by atoms with Crippen molar-refractivity contribution < 1.29 is 14.6 Å². The molecule has 0 spiro atoms. The average Bonchev–Trinajstić information content (AvgIpc) is 2.18. The molecule has 1 N–H and O–H groups in total. The SMILES string of the molecule is CCCc1cc(C(=O)O)c(OC)nn1. The van der Waals surface area contributed by atoms with E-state index < -0.39 is 5.97 Å². The Labute approximate surface area is 81.7 Å². The zero-order chi connectivity index (χ0) is 10.6. The summed E-state index contributed by atoms with van der Waals surface area (Å²) in [4.78, 5) is 10.8. The van der Waals surface area contributed by atoms with Gasteiger partial charge >= 0.3 is 5.97 Å². The average molecular weight is 196 g/mol. The molecule has 1 aromatic heterocycles. The molecular weight excluding hydrogens is 184 g/mol. The number of aromatic nitrogens is 2. The normalized spacial score (nSPS) is 9.86. The molecule has 0 atom stereocenters. The largest absolute Gasteiger partial charge is 0.479 e. The van der Waals surface area contributed by atoms with Gasteiger partial charge in [0.05, 0.1) is 12.8 Å². The fraction of sp³-hybridized carbons (Fsp3) is 0.444. The van der Waals surface area contributed by atoms with Gasteiger partial charge in [-0.05, 0) is 12.5 Å². The van der Waals surface area contributed by atoms with E-state index in [-0.39, 0.29) is 11.4 Å². The molecule has 14 heavy (non-hydrogen) atoms. The van der Waals surface area contributed by atoms with Crippen LogP contribution in [0.3, 0.4) is 0 Å². The Hall–Kier alpha value is -1.65. The van der Waals surface area contributed by atoms with Crippen LogP contribution in [0.2, 0.25) is 0 Å². The van der Waals surface area contributed by atoms with Crippen LogP contribution in [0.15, 0.2) is 6.07 Å². The molecule has 76 valence electrons. The Kier molecular flexibility index (Phi) is 3.39. The Bertz CT molecular complexity index is 339. The molecule has 1 heterocycles. The summed E-state index contributed by atoms with van der Waals surface area (Å²) in [6.07, 6.45) is 1.62. The predicted octanol–water partition coefficient (Wildman–Crippen LogP) is 1.14. The number of hydrogen-bond donors (Lipinski definition) is 1. The van der Waals surface area contributed by atoms with Crippen molar-refractivity contribution in [1.29, 1.82) is 0 Å². The first-order valence-electron chi connectivity index (χ1n) is 4.33. The third-order valence-electron chi connectivity index (χ3n) is 1.74. The molecule has 0 amide bonds. The molecule has 0 unspecified atom stereocenters. The molecule has 0 saturated heterocycles. The highest BCUT2D eigenvalue weighted by Gasteiger charge is 2.13. The molecule has 0 radical (unpaired) electrons. The van der Waals surface area contributed by atoms with Crippen molar-refractivity contribution in [3.8, 4) is 5.88 Å². The minimum Gasteiger partial charge on any atom is -0.479 e. The van der Waals surface area contributed by atoms with Crippen LogP contribution in [0.25, 0.3) is 0 Å². The van der Waals surface area contributed by atoms with Crippen molar-refractivity contribution in [2.45, 2.75) is 19.8 Å². The number of ether oxygens (including phenoxy) is 1. The zero-order valence-electron chi connectivity index (χ0n) is 8.15. The van der Waals surface area contributed by atoms with Crippen LogP contribution in [0.5, 0.6) is 5.88 Å². The second-order valence-electron chi connectivity index (χ2n) is 2.81. The van der Waals surface area contributed by atoms with E-state index in [1.54, 1.807) is 0 Å². The van der Waals surface area contributed by atoms with Crippen LogP contribution in [-0.2, 0) is 6.42 Å². The van der Waals surface area contributed by atoms with Gasteiger partial charge < -0.3 is 9.84 Å². The second kappa shape index (κ2) is 4.55. The second-order valence-corrected chi connectivity index (χ2v) is 2.81. The summed E-state index contributed by atoms with van der Waals surface area (Å²) >= 11 is 0. The maximum Gasteiger partial charge on any atom is 0.341 e. The molecular formula is C9H12N2O3. The molecule has 0 bridgehead atoms. The summed E-state index contributed by atoms with van der Waals surface area (Å²) in [5, 5.41) is 16.4. The van der Waals surface area contributed by atoms with Crippen molar-refractivity contribution in [1.82, 2.24) is 10.2 Å². The number of nitrogens with zero attached hydrogens (tertiary/aromatic N) is 2. The predicted molar refractivity (Wildman–Crippen MR) is 49.5 cm³/mol. The highest BCUT2D eigenvalue weighted by Crippen LogP contribution is 2.14. The minimum absolute atomic E-state index is 0.0531. The van der Waals surface area contributed by atoms with E-state index in [0.29, 0.717) is 5.69 Å². The van der Waals surface area contributed by atoms with Crippen LogP contribution in [0.4, 0.5) is 0 Å². The molecule has 1 rings (SSSR count). The number of carbonyl (C=O) groups is 1. The number of carboxylic acid groups (broad SMARTS) is 1. The van der Waals surface area contributed by atoms with E-state index in [1.165, 1.54) is 13.2 Å². The van der Waals surface area contributed by atoms with Gasteiger partial charge in [-0.2, -0.15) is 5.10 Å². The standard InChI is InChI=1S/C9H12N2O3/c1-3-4-6-5-7(9(12)13)8(14-2)11-10-6/h5H,3-4H2,1-2H3,(H,12,13). The molecule has 0 saturated carbocycles. The van der Waals surface area contributed by atoms with E-state index in [0.717, 1.165) is 12.8 Å². The third kappa shape index (κ3) is 2.18. The molecule has 5 nitrogen and oxygen atoms in total. The summed E-state index contributed by atoms with van der Waals surface area (Å²) in [6.45, 7) is 1.99. The first-order chi connectivity index (χ1) is 6.69. The van der Waals surface area contributed by atoms with Crippen LogP contribution >= 0.6 is 0 Å². The lowest BCUT2D eigenvalue weighted by atomic mass is 10.2. The van der Waals surface area contributed by atoms with Gasteiger partial charge in [0.15, 0.2) is 0 Å².